The van der Waals surface area contributed by atoms with Gasteiger partial charge in [0.05, 0.1) is 27.7 Å². The van der Waals surface area contributed by atoms with Crippen LogP contribution in [0.15, 0.2) is 24.4 Å². The number of thiazole rings is 1. The van der Waals surface area contributed by atoms with Crippen LogP contribution in [-0.4, -0.2) is 50.8 Å². The average molecular weight is 442 g/mol. The Morgan fingerprint density at radius 2 is 2.13 bits per heavy atom. The summed E-state index contributed by atoms with van der Waals surface area (Å²) in [6.07, 6.45) is 2.91. The van der Waals surface area contributed by atoms with Crippen molar-refractivity contribution >= 4 is 38.7 Å². The molecule has 1 aromatic carbocycles. The number of piperidine rings is 1. The summed E-state index contributed by atoms with van der Waals surface area (Å²) in [5.74, 6) is -0.267. The number of ether oxygens (including phenoxy) is 1. The molecule has 0 bridgehead atoms. The monoisotopic (exact) mass is 441 g/mol. The number of likely N-dealkylation sites (tertiary alicyclic amines) is 1. The third-order valence-electron chi connectivity index (χ3n) is 5.16. The Kier molecular flexibility index (Phi) is 5.70. The Labute approximate surface area is 185 Å². The number of benzene rings is 1. The number of hydrogen-bond acceptors (Lipinski definition) is 6. The number of aromatic nitrogens is 3. The van der Waals surface area contributed by atoms with Crippen LogP contribution >= 0.6 is 11.3 Å². The fourth-order valence-electron chi connectivity index (χ4n) is 3.74. The molecule has 1 saturated heterocycles. The number of aromatic amines is 1. The van der Waals surface area contributed by atoms with Gasteiger partial charge in [0.15, 0.2) is 5.13 Å². The van der Waals surface area contributed by atoms with E-state index in [0.29, 0.717) is 23.8 Å². The van der Waals surface area contributed by atoms with Gasteiger partial charge in [-0.2, -0.15) is 5.10 Å². The third kappa shape index (κ3) is 4.87. The first-order chi connectivity index (χ1) is 14.7. The van der Waals surface area contributed by atoms with Gasteiger partial charge in [-0.05, 0) is 58.2 Å². The molecule has 2 amide bonds. The molecule has 1 fully saturated rings. The number of amides is 2. The summed E-state index contributed by atoms with van der Waals surface area (Å²) in [7, 11) is 0. The van der Waals surface area contributed by atoms with Crippen LogP contribution in [0, 0.1) is 6.92 Å². The number of rotatable bonds is 3. The molecule has 0 saturated carbocycles. The van der Waals surface area contributed by atoms with Crippen LogP contribution in [0.3, 0.4) is 0 Å². The number of anilines is 1. The number of aryl methyl sites for hydroxylation is 1. The highest BCUT2D eigenvalue weighted by Gasteiger charge is 2.31. The molecule has 0 spiro atoms. The molecule has 1 aliphatic rings. The van der Waals surface area contributed by atoms with Crippen LogP contribution in [0.1, 0.15) is 61.1 Å². The standard InChI is InChI=1S/C22H27N5O3S/c1-13-7-8-16-17(10-13)31-20(24-16)25-19(28)15-11-23-26-18(15)14-6-5-9-27(12-14)21(29)30-22(2,3)4/h7-8,10-11,14H,5-6,9,12H2,1-4H3,(H,23,26)(H,24,25,28)/t14-/m1/s1. The minimum Gasteiger partial charge on any atom is -0.444 e. The molecule has 9 heteroatoms. The van der Waals surface area contributed by atoms with Crippen molar-refractivity contribution in [3.05, 3.63) is 41.2 Å². The van der Waals surface area contributed by atoms with E-state index in [9.17, 15) is 9.59 Å². The van der Waals surface area contributed by atoms with Crippen molar-refractivity contribution in [2.45, 2.75) is 52.1 Å². The quantitative estimate of drug-likeness (QED) is 0.614. The Morgan fingerprint density at radius 1 is 1.32 bits per heavy atom. The molecule has 8 nitrogen and oxygen atoms in total. The Balaban J connectivity index is 1.48. The van der Waals surface area contributed by atoms with Crippen LogP contribution in [0.2, 0.25) is 0 Å². The number of carbonyl (C=O) groups excluding carboxylic acids is 2. The average Bonchev–Trinajstić information content (AvgIpc) is 3.33. The Bertz CT molecular complexity index is 1110. The Morgan fingerprint density at radius 3 is 2.90 bits per heavy atom. The fraction of sp³-hybridized carbons (Fsp3) is 0.455. The summed E-state index contributed by atoms with van der Waals surface area (Å²) in [5.41, 5.74) is 2.68. The molecule has 0 unspecified atom stereocenters. The summed E-state index contributed by atoms with van der Waals surface area (Å²) in [5, 5.41) is 10.5. The van der Waals surface area contributed by atoms with Gasteiger partial charge in [0, 0.05) is 19.0 Å². The number of H-pyrrole nitrogens is 1. The largest absolute Gasteiger partial charge is 0.444 e. The van der Waals surface area contributed by atoms with Crippen LogP contribution < -0.4 is 5.32 Å². The number of nitrogens with zero attached hydrogens (tertiary/aromatic N) is 3. The van der Waals surface area contributed by atoms with E-state index in [1.807, 2.05) is 39.8 Å². The lowest BCUT2D eigenvalue weighted by Gasteiger charge is -2.34. The maximum absolute atomic E-state index is 13.0. The highest BCUT2D eigenvalue weighted by Crippen LogP contribution is 2.30. The summed E-state index contributed by atoms with van der Waals surface area (Å²) < 4.78 is 6.54. The van der Waals surface area contributed by atoms with Gasteiger partial charge in [-0.15, -0.1) is 0 Å². The summed E-state index contributed by atoms with van der Waals surface area (Å²) in [6, 6.07) is 6.01. The van der Waals surface area contributed by atoms with Gasteiger partial charge in [0.25, 0.3) is 5.91 Å². The fourth-order valence-corrected chi connectivity index (χ4v) is 4.70. The van der Waals surface area contributed by atoms with Gasteiger partial charge < -0.3 is 9.64 Å². The maximum atomic E-state index is 13.0. The van der Waals surface area contributed by atoms with Crippen molar-refractivity contribution < 1.29 is 14.3 Å². The van der Waals surface area contributed by atoms with Crippen molar-refractivity contribution in [2.24, 2.45) is 0 Å². The van der Waals surface area contributed by atoms with Gasteiger partial charge in [-0.1, -0.05) is 17.4 Å². The summed E-state index contributed by atoms with van der Waals surface area (Å²) >= 11 is 1.44. The van der Waals surface area contributed by atoms with Crippen LogP contribution in [0.4, 0.5) is 9.93 Å². The van der Waals surface area contributed by atoms with Gasteiger partial charge in [-0.25, -0.2) is 9.78 Å². The first-order valence-corrected chi connectivity index (χ1v) is 11.2. The normalized spacial score (nSPS) is 17.0. The highest BCUT2D eigenvalue weighted by atomic mass is 32.1. The number of carbonyl (C=O) groups is 2. The van der Waals surface area contributed by atoms with E-state index in [0.717, 1.165) is 34.3 Å². The van der Waals surface area contributed by atoms with E-state index in [2.05, 4.69) is 26.6 Å². The number of hydrogen-bond donors (Lipinski definition) is 2. The first kappa shape index (κ1) is 21.3. The molecule has 164 valence electrons. The first-order valence-electron chi connectivity index (χ1n) is 10.4. The molecule has 31 heavy (non-hydrogen) atoms. The second-order valence-electron chi connectivity index (χ2n) is 8.91. The van der Waals surface area contributed by atoms with Crippen LogP contribution in [0.25, 0.3) is 10.2 Å². The lowest BCUT2D eigenvalue weighted by molar-refractivity contribution is 0.0197. The maximum Gasteiger partial charge on any atom is 0.410 e. The molecule has 2 N–H and O–H groups in total. The summed E-state index contributed by atoms with van der Waals surface area (Å²) in [4.78, 5) is 31.7. The zero-order chi connectivity index (χ0) is 22.2. The lowest BCUT2D eigenvalue weighted by Crippen LogP contribution is -2.42. The van der Waals surface area contributed by atoms with E-state index >= 15 is 0 Å². The molecule has 3 heterocycles. The van der Waals surface area contributed by atoms with E-state index in [1.54, 1.807) is 4.90 Å². The number of fused-ring (bicyclic) bond motifs is 1. The van der Waals surface area contributed by atoms with Gasteiger partial charge in [0.2, 0.25) is 0 Å². The second kappa shape index (κ2) is 8.30. The van der Waals surface area contributed by atoms with Gasteiger partial charge in [-0.3, -0.25) is 15.2 Å². The van der Waals surface area contributed by atoms with Gasteiger partial charge in [0.1, 0.15) is 5.60 Å². The molecular formula is C22H27N5O3S. The molecule has 1 atom stereocenters. The van der Waals surface area contributed by atoms with Crippen molar-refractivity contribution in [1.82, 2.24) is 20.1 Å². The predicted octanol–water partition coefficient (Wildman–Crippen LogP) is 4.69. The van der Waals surface area contributed by atoms with E-state index < -0.39 is 5.60 Å². The van der Waals surface area contributed by atoms with E-state index in [4.69, 9.17) is 4.74 Å². The molecule has 0 radical (unpaired) electrons. The molecule has 2 aromatic heterocycles. The number of nitrogens with one attached hydrogen (secondary N) is 2. The van der Waals surface area contributed by atoms with Crippen LogP contribution in [-0.2, 0) is 4.74 Å². The molecule has 0 aliphatic carbocycles. The Hall–Kier alpha value is -2.94. The van der Waals surface area contributed by atoms with Crippen LogP contribution in [0.5, 0.6) is 0 Å². The minimum absolute atomic E-state index is 0.0115. The second-order valence-corrected chi connectivity index (χ2v) is 9.94. The van der Waals surface area contributed by atoms with Gasteiger partial charge >= 0.3 is 6.09 Å². The summed E-state index contributed by atoms with van der Waals surface area (Å²) in [6.45, 7) is 8.72. The zero-order valence-corrected chi connectivity index (χ0v) is 19.0. The van der Waals surface area contributed by atoms with Crippen molar-refractivity contribution in [3.63, 3.8) is 0 Å². The third-order valence-corrected chi connectivity index (χ3v) is 6.09. The highest BCUT2D eigenvalue weighted by molar-refractivity contribution is 7.22. The molecule has 4 rings (SSSR count). The topological polar surface area (TPSA) is 100 Å². The SMILES string of the molecule is Cc1ccc2nc(NC(=O)c3cn[nH]c3[C@@H]3CCCN(C(=O)OC(C)(C)C)C3)sc2c1. The van der Waals surface area contributed by atoms with Crippen molar-refractivity contribution in [3.8, 4) is 0 Å². The van der Waals surface area contributed by atoms with Crippen molar-refractivity contribution in [2.75, 3.05) is 18.4 Å². The zero-order valence-electron chi connectivity index (χ0n) is 18.2. The van der Waals surface area contributed by atoms with E-state index in [1.165, 1.54) is 17.5 Å². The smallest absolute Gasteiger partial charge is 0.410 e. The van der Waals surface area contributed by atoms with E-state index in [-0.39, 0.29) is 17.9 Å². The van der Waals surface area contributed by atoms with Crippen molar-refractivity contribution in [1.29, 1.82) is 0 Å². The molecular weight excluding hydrogens is 414 g/mol. The molecule has 3 aromatic rings. The lowest BCUT2D eigenvalue weighted by atomic mass is 9.92. The molecule has 1 aliphatic heterocycles. The minimum atomic E-state index is -0.543. The predicted molar refractivity (Wildman–Crippen MR) is 121 cm³/mol.